The second-order valence-corrected chi connectivity index (χ2v) is 5.74. The Labute approximate surface area is 123 Å². The number of phenols is 1. The molecular weight excluding hydrogens is 279 g/mol. The number of hydrogen-bond donors (Lipinski definition) is 1. The molecule has 0 radical (unpaired) electrons. The maximum atomic E-state index is 9.83. The summed E-state index contributed by atoms with van der Waals surface area (Å²) < 4.78 is 0. The van der Waals surface area contributed by atoms with Crippen LogP contribution in [-0.4, -0.2) is 5.11 Å². The zero-order chi connectivity index (χ0) is 14.0. The molecule has 0 heterocycles. The first-order valence-corrected chi connectivity index (χ1v) is 6.99. The minimum absolute atomic E-state index is 0.279. The van der Waals surface area contributed by atoms with E-state index in [-0.39, 0.29) is 5.92 Å². The van der Waals surface area contributed by atoms with Gasteiger partial charge in [0.15, 0.2) is 0 Å². The first-order valence-electron chi connectivity index (χ1n) is 6.23. The van der Waals surface area contributed by atoms with Gasteiger partial charge in [0.1, 0.15) is 5.75 Å². The summed E-state index contributed by atoms with van der Waals surface area (Å²) in [5.74, 6) is 0.616. The molecule has 0 fully saturated rings. The van der Waals surface area contributed by atoms with E-state index in [4.69, 9.17) is 23.2 Å². The van der Waals surface area contributed by atoms with Crippen LogP contribution in [0.5, 0.6) is 5.75 Å². The highest BCUT2D eigenvalue weighted by atomic mass is 35.5. The molecule has 2 rings (SSSR count). The molecule has 1 N–H and O–H groups in total. The van der Waals surface area contributed by atoms with E-state index in [9.17, 15) is 5.11 Å². The fraction of sp³-hybridized carbons (Fsp3) is 0.250. The zero-order valence-corrected chi connectivity index (χ0v) is 12.5. The van der Waals surface area contributed by atoms with Crippen molar-refractivity contribution in [2.45, 2.75) is 26.2 Å². The number of halogens is 2. The van der Waals surface area contributed by atoms with Crippen LogP contribution in [-0.2, 0) is 6.42 Å². The maximum Gasteiger partial charge on any atom is 0.119 e. The van der Waals surface area contributed by atoms with Gasteiger partial charge >= 0.3 is 0 Å². The third-order valence-electron chi connectivity index (χ3n) is 3.16. The fourth-order valence-corrected chi connectivity index (χ4v) is 2.61. The Morgan fingerprint density at radius 1 is 1.05 bits per heavy atom. The molecule has 0 aliphatic carbocycles. The quantitative estimate of drug-likeness (QED) is 0.802. The SMILES string of the molecule is CC(C)c1cc(Cc2c(Cl)cccc2Cl)ccc1O. The largest absolute Gasteiger partial charge is 0.508 e. The lowest BCUT2D eigenvalue weighted by Crippen LogP contribution is -1.95. The van der Waals surface area contributed by atoms with Gasteiger partial charge in [-0.1, -0.05) is 55.2 Å². The van der Waals surface area contributed by atoms with E-state index in [0.29, 0.717) is 22.2 Å². The van der Waals surface area contributed by atoms with Gasteiger partial charge in [-0.2, -0.15) is 0 Å². The minimum atomic E-state index is 0.279. The molecule has 0 aliphatic rings. The Morgan fingerprint density at radius 3 is 2.26 bits per heavy atom. The molecule has 0 atom stereocenters. The number of hydrogen-bond acceptors (Lipinski definition) is 1. The van der Waals surface area contributed by atoms with Crippen LogP contribution in [0.3, 0.4) is 0 Å². The Hall–Kier alpha value is -1.18. The molecule has 100 valence electrons. The standard InChI is InChI=1S/C16H16Cl2O/c1-10(2)12-8-11(6-7-16(12)19)9-13-14(17)4-3-5-15(13)18/h3-8,10,19H,9H2,1-2H3. The van der Waals surface area contributed by atoms with E-state index < -0.39 is 0 Å². The van der Waals surface area contributed by atoms with Crippen LogP contribution in [0.15, 0.2) is 36.4 Å². The lowest BCUT2D eigenvalue weighted by Gasteiger charge is -2.12. The van der Waals surface area contributed by atoms with Crippen molar-refractivity contribution in [3.05, 3.63) is 63.1 Å². The molecule has 3 heteroatoms. The smallest absolute Gasteiger partial charge is 0.119 e. The van der Waals surface area contributed by atoms with Gasteiger partial charge in [0.25, 0.3) is 0 Å². The van der Waals surface area contributed by atoms with Gasteiger partial charge in [-0.3, -0.25) is 0 Å². The average molecular weight is 295 g/mol. The highest BCUT2D eigenvalue weighted by molar-refractivity contribution is 6.36. The summed E-state index contributed by atoms with van der Waals surface area (Å²) in [6.45, 7) is 4.11. The predicted molar refractivity (Wildman–Crippen MR) is 81.5 cm³/mol. The lowest BCUT2D eigenvalue weighted by atomic mass is 9.96. The van der Waals surface area contributed by atoms with Gasteiger partial charge in [-0.15, -0.1) is 0 Å². The Morgan fingerprint density at radius 2 is 1.68 bits per heavy atom. The Balaban J connectivity index is 2.36. The summed E-state index contributed by atoms with van der Waals surface area (Å²) in [5, 5.41) is 11.2. The van der Waals surface area contributed by atoms with Crippen molar-refractivity contribution in [2.75, 3.05) is 0 Å². The first kappa shape index (κ1) is 14.2. The van der Waals surface area contributed by atoms with E-state index in [1.165, 1.54) is 0 Å². The van der Waals surface area contributed by atoms with Crippen molar-refractivity contribution in [3.63, 3.8) is 0 Å². The van der Waals surface area contributed by atoms with E-state index in [2.05, 4.69) is 13.8 Å². The topological polar surface area (TPSA) is 20.2 Å². The van der Waals surface area contributed by atoms with Gasteiger partial charge in [-0.25, -0.2) is 0 Å². The predicted octanol–water partition coefficient (Wildman–Crippen LogP) is 5.41. The van der Waals surface area contributed by atoms with Gasteiger partial charge in [-0.05, 0) is 40.8 Å². The van der Waals surface area contributed by atoms with Gasteiger partial charge in [0, 0.05) is 16.5 Å². The number of aromatic hydroxyl groups is 1. The highest BCUT2D eigenvalue weighted by Gasteiger charge is 2.10. The van der Waals surface area contributed by atoms with Crippen molar-refractivity contribution in [1.82, 2.24) is 0 Å². The second-order valence-electron chi connectivity index (χ2n) is 4.92. The Kier molecular flexibility index (Phi) is 4.38. The molecule has 0 bridgehead atoms. The monoisotopic (exact) mass is 294 g/mol. The summed E-state index contributed by atoms with van der Waals surface area (Å²) in [5.41, 5.74) is 2.96. The molecule has 0 saturated heterocycles. The van der Waals surface area contributed by atoms with Crippen LogP contribution in [0.2, 0.25) is 10.0 Å². The highest BCUT2D eigenvalue weighted by Crippen LogP contribution is 2.30. The molecule has 0 amide bonds. The zero-order valence-electron chi connectivity index (χ0n) is 11.0. The van der Waals surface area contributed by atoms with E-state index in [1.54, 1.807) is 6.07 Å². The average Bonchev–Trinajstić information content (AvgIpc) is 2.35. The fourth-order valence-electron chi connectivity index (χ4n) is 2.08. The lowest BCUT2D eigenvalue weighted by molar-refractivity contribution is 0.464. The normalized spacial score (nSPS) is 11.0. The summed E-state index contributed by atoms with van der Waals surface area (Å²) in [6.07, 6.45) is 0.665. The molecular formula is C16H16Cl2O. The molecule has 0 spiro atoms. The van der Waals surface area contributed by atoms with Crippen LogP contribution < -0.4 is 0 Å². The van der Waals surface area contributed by atoms with Crippen LogP contribution in [0.4, 0.5) is 0 Å². The third-order valence-corrected chi connectivity index (χ3v) is 3.86. The van der Waals surface area contributed by atoms with Gasteiger partial charge < -0.3 is 5.11 Å². The van der Waals surface area contributed by atoms with E-state index >= 15 is 0 Å². The van der Waals surface area contributed by atoms with Crippen LogP contribution in [0.1, 0.15) is 36.5 Å². The maximum absolute atomic E-state index is 9.83. The molecule has 2 aromatic rings. The van der Waals surface area contributed by atoms with Gasteiger partial charge in [0.2, 0.25) is 0 Å². The molecule has 0 aromatic heterocycles. The molecule has 0 saturated carbocycles. The molecule has 0 unspecified atom stereocenters. The van der Waals surface area contributed by atoms with E-state index in [1.807, 2.05) is 30.3 Å². The first-order chi connectivity index (χ1) is 8.99. The molecule has 19 heavy (non-hydrogen) atoms. The molecule has 2 aromatic carbocycles. The second kappa shape index (κ2) is 5.85. The number of phenolic OH excluding ortho intramolecular Hbond substituents is 1. The minimum Gasteiger partial charge on any atom is -0.508 e. The third kappa shape index (κ3) is 3.23. The number of rotatable bonds is 3. The van der Waals surface area contributed by atoms with Crippen LogP contribution >= 0.6 is 23.2 Å². The van der Waals surface area contributed by atoms with Gasteiger partial charge in [0.05, 0.1) is 0 Å². The van der Waals surface area contributed by atoms with Crippen molar-refractivity contribution >= 4 is 23.2 Å². The van der Waals surface area contributed by atoms with Crippen molar-refractivity contribution < 1.29 is 5.11 Å². The van der Waals surface area contributed by atoms with Crippen molar-refractivity contribution in [2.24, 2.45) is 0 Å². The molecule has 0 aliphatic heterocycles. The van der Waals surface area contributed by atoms with Crippen LogP contribution in [0.25, 0.3) is 0 Å². The summed E-state index contributed by atoms with van der Waals surface area (Å²) in [4.78, 5) is 0. The summed E-state index contributed by atoms with van der Waals surface area (Å²) in [6, 6.07) is 11.2. The number of benzene rings is 2. The summed E-state index contributed by atoms with van der Waals surface area (Å²) in [7, 11) is 0. The van der Waals surface area contributed by atoms with Crippen LogP contribution in [0, 0.1) is 0 Å². The van der Waals surface area contributed by atoms with E-state index in [0.717, 1.165) is 16.7 Å². The summed E-state index contributed by atoms with van der Waals surface area (Å²) >= 11 is 12.4. The van der Waals surface area contributed by atoms with Crippen molar-refractivity contribution in [3.8, 4) is 5.75 Å². The van der Waals surface area contributed by atoms with Crippen molar-refractivity contribution in [1.29, 1.82) is 0 Å². The molecule has 1 nitrogen and oxygen atoms in total. The Bertz CT molecular complexity index is 571.